The highest BCUT2D eigenvalue weighted by molar-refractivity contribution is 4.98. The summed E-state index contributed by atoms with van der Waals surface area (Å²) in [6, 6.07) is -0.0588. The molecule has 0 aliphatic carbocycles. The summed E-state index contributed by atoms with van der Waals surface area (Å²) in [7, 11) is 0. The van der Waals surface area contributed by atoms with Crippen molar-refractivity contribution in [3.8, 4) is 0 Å². The van der Waals surface area contributed by atoms with Crippen LogP contribution in [0.3, 0.4) is 0 Å². The molecule has 0 bridgehead atoms. The quantitative estimate of drug-likeness (QED) is 0.801. The fourth-order valence-corrected chi connectivity index (χ4v) is 1.31. The lowest BCUT2D eigenvalue weighted by Crippen LogP contribution is -2.29. The molecule has 0 aliphatic rings. The molecule has 0 saturated carbocycles. The first-order valence-corrected chi connectivity index (χ1v) is 5.10. The van der Waals surface area contributed by atoms with Crippen LogP contribution in [-0.4, -0.2) is 14.8 Å². The summed E-state index contributed by atoms with van der Waals surface area (Å²) in [6.07, 6.45) is 2.83. The minimum Gasteiger partial charge on any atom is -0.321 e. The fourth-order valence-electron chi connectivity index (χ4n) is 1.31. The summed E-state index contributed by atoms with van der Waals surface area (Å²) in [6.45, 7) is 9.41. The Balaban J connectivity index is 2.89. The standard InChI is InChI=1S/C10H20N4/c1-5-6-14-7-12-13-9(14)8(11)10(2,3)4/h7-8H,5-6,11H2,1-4H3/t8-/m0/s1. The Morgan fingerprint density at radius 1 is 1.50 bits per heavy atom. The zero-order valence-electron chi connectivity index (χ0n) is 9.49. The predicted molar refractivity (Wildman–Crippen MR) is 56.7 cm³/mol. The number of nitrogens with zero attached hydrogens (tertiary/aromatic N) is 3. The molecule has 0 aliphatic heterocycles. The maximum absolute atomic E-state index is 6.12. The van der Waals surface area contributed by atoms with Crippen LogP contribution >= 0.6 is 0 Å². The van der Waals surface area contributed by atoms with E-state index in [-0.39, 0.29) is 11.5 Å². The van der Waals surface area contributed by atoms with E-state index in [1.807, 2.05) is 4.57 Å². The number of aromatic nitrogens is 3. The Labute approximate surface area is 85.5 Å². The molecule has 2 N–H and O–H groups in total. The van der Waals surface area contributed by atoms with Crippen molar-refractivity contribution >= 4 is 0 Å². The van der Waals surface area contributed by atoms with Gasteiger partial charge in [0.1, 0.15) is 12.2 Å². The van der Waals surface area contributed by atoms with Crippen molar-refractivity contribution in [1.82, 2.24) is 14.8 Å². The third-order valence-electron chi connectivity index (χ3n) is 2.32. The monoisotopic (exact) mass is 196 g/mol. The van der Waals surface area contributed by atoms with Gasteiger partial charge in [0.2, 0.25) is 0 Å². The van der Waals surface area contributed by atoms with E-state index in [0.717, 1.165) is 18.8 Å². The van der Waals surface area contributed by atoms with Crippen molar-refractivity contribution in [1.29, 1.82) is 0 Å². The zero-order valence-corrected chi connectivity index (χ0v) is 9.49. The highest BCUT2D eigenvalue weighted by Gasteiger charge is 2.26. The molecule has 80 valence electrons. The van der Waals surface area contributed by atoms with Crippen LogP contribution in [0.5, 0.6) is 0 Å². The predicted octanol–water partition coefficient (Wildman–Crippen LogP) is 1.73. The van der Waals surface area contributed by atoms with Crippen molar-refractivity contribution in [2.75, 3.05) is 0 Å². The van der Waals surface area contributed by atoms with Crippen LogP contribution in [0, 0.1) is 5.41 Å². The lowest BCUT2D eigenvalue weighted by molar-refractivity contribution is 0.306. The molecule has 0 saturated heterocycles. The van der Waals surface area contributed by atoms with Crippen LogP contribution in [0.15, 0.2) is 6.33 Å². The van der Waals surface area contributed by atoms with Gasteiger partial charge in [-0.05, 0) is 11.8 Å². The summed E-state index contributed by atoms with van der Waals surface area (Å²) in [4.78, 5) is 0. The van der Waals surface area contributed by atoms with E-state index in [1.54, 1.807) is 6.33 Å². The van der Waals surface area contributed by atoms with Crippen molar-refractivity contribution in [2.24, 2.45) is 11.1 Å². The Kier molecular flexibility index (Phi) is 3.26. The summed E-state index contributed by atoms with van der Waals surface area (Å²) >= 11 is 0. The van der Waals surface area contributed by atoms with Crippen molar-refractivity contribution < 1.29 is 0 Å². The Hall–Kier alpha value is -0.900. The molecule has 0 fully saturated rings. The van der Waals surface area contributed by atoms with E-state index >= 15 is 0 Å². The van der Waals surface area contributed by atoms with Gasteiger partial charge in [0.15, 0.2) is 0 Å². The number of nitrogens with two attached hydrogens (primary N) is 1. The Bertz CT molecular complexity index is 285. The van der Waals surface area contributed by atoms with E-state index in [0.29, 0.717) is 0 Å². The molecule has 1 rings (SSSR count). The molecule has 4 nitrogen and oxygen atoms in total. The highest BCUT2D eigenvalue weighted by Crippen LogP contribution is 2.28. The molecule has 0 unspecified atom stereocenters. The van der Waals surface area contributed by atoms with E-state index in [9.17, 15) is 0 Å². The molecular weight excluding hydrogens is 176 g/mol. The minimum atomic E-state index is -0.0588. The molecule has 0 radical (unpaired) electrons. The van der Waals surface area contributed by atoms with Gasteiger partial charge in [0, 0.05) is 6.54 Å². The van der Waals surface area contributed by atoms with Gasteiger partial charge < -0.3 is 10.3 Å². The number of hydrogen-bond acceptors (Lipinski definition) is 3. The van der Waals surface area contributed by atoms with E-state index in [1.165, 1.54) is 0 Å². The molecule has 14 heavy (non-hydrogen) atoms. The van der Waals surface area contributed by atoms with Gasteiger partial charge in [-0.2, -0.15) is 0 Å². The van der Waals surface area contributed by atoms with Crippen molar-refractivity contribution in [3.63, 3.8) is 0 Å². The second-order valence-electron chi connectivity index (χ2n) is 4.73. The van der Waals surface area contributed by atoms with E-state index in [4.69, 9.17) is 5.73 Å². The third kappa shape index (κ3) is 2.32. The molecule has 0 spiro atoms. The number of rotatable bonds is 3. The lowest BCUT2D eigenvalue weighted by Gasteiger charge is -2.26. The van der Waals surface area contributed by atoms with Gasteiger partial charge in [-0.15, -0.1) is 10.2 Å². The molecule has 1 heterocycles. The van der Waals surface area contributed by atoms with Gasteiger partial charge in [-0.1, -0.05) is 27.7 Å². The van der Waals surface area contributed by atoms with E-state index < -0.39 is 0 Å². The summed E-state index contributed by atoms with van der Waals surface area (Å²) in [5.74, 6) is 0.888. The van der Waals surface area contributed by atoms with Crippen molar-refractivity contribution in [2.45, 2.75) is 46.7 Å². The molecular formula is C10H20N4. The van der Waals surface area contributed by atoms with Crippen LogP contribution in [0.2, 0.25) is 0 Å². The zero-order chi connectivity index (χ0) is 10.8. The smallest absolute Gasteiger partial charge is 0.150 e. The lowest BCUT2D eigenvalue weighted by atomic mass is 9.87. The first kappa shape index (κ1) is 11.2. The van der Waals surface area contributed by atoms with Crippen LogP contribution in [0.4, 0.5) is 0 Å². The molecule has 1 atom stereocenters. The Morgan fingerprint density at radius 2 is 2.14 bits per heavy atom. The van der Waals surface area contributed by atoms with Gasteiger partial charge in [-0.3, -0.25) is 0 Å². The Morgan fingerprint density at radius 3 is 2.64 bits per heavy atom. The first-order chi connectivity index (χ1) is 6.46. The van der Waals surface area contributed by atoms with Gasteiger partial charge >= 0.3 is 0 Å². The number of hydrogen-bond donors (Lipinski definition) is 1. The topological polar surface area (TPSA) is 56.7 Å². The first-order valence-electron chi connectivity index (χ1n) is 5.10. The maximum Gasteiger partial charge on any atom is 0.150 e. The second-order valence-corrected chi connectivity index (χ2v) is 4.73. The fraction of sp³-hybridized carbons (Fsp3) is 0.800. The summed E-state index contributed by atoms with van der Waals surface area (Å²) in [5, 5.41) is 8.00. The maximum atomic E-state index is 6.12. The number of aryl methyl sites for hydroxylation is 1. The van der Waals surface area contributed by atoms with Crippen molar-refractivity contribution in [3.05, 3.63) is 12.2 Å². The molecule has 1 aromatic heterocycles. The molecule has 4 heteroatoms. The SMILES string of the molecule is CCCn1cnnc1[C@H](N)C(C)(C)C. The van der Waals surface area contributed by atoms with E-state index in [2.05, 4.69) is 37.9 Å². The third-order valence-corrected chi connectivity index (χ3v) is 2.32. The van der Waals surface area contributed by atoms with Crippen LogP contribution in [-0.2, 0) is 6.54 Å². The molecule has 0 amide bonds. The summed E-state index contributed by atoms with van der Waals surface area (Å²) < 4.78 is 2.04. The average molecular weight is 196 g/mol. The minimum absolute atomic E-state index is 0.0263. The van der Waals surface area contributed by atoms with Crippen LogP contribution in [0.1, 0.15) is 46.0 Å². The molecule has 1 aromatic rings. The van der Waals surface area contributed by atoms with Crippen LogP contribution < -0.4 is 5.73 Å². The highest BCUT2D eigenvalue weighted by atomic mass is 15.3. The second kappa shape index (κ2) is 4.09. The van der Waals surface area contributed by atoms with Crippen LogP contribution in [0.25, 0.3) is 0 Å². The molecule has 0 aromatic carbocycles. The summed E-state index contributed by atoms with van der Waals surface area (Å²) in [5.41, 5.74) is 6.15. The van der Waals surface area contributed by atoms with Gasteiger partial charge in [-0.25, -0.2) is 0 Å². The average Bonchev–Trinajstić information content (AvgIpc) is 2.50. The normalized spacial score (nSPS) is 14.4. The van der Waals surface area contributed by atoms with Gasteiger partial charge in [0.25, 0.3) is 0 Å². The largest absolute Gasteiger partial charge is 0.321 e. The van der Waals surface area contributed by atoms with Gasteiger partial charge in [0.05, 0.1) is 6.04 Å².